The second-order valence-corrected chi connectivity index (χ2v) is 15.0. The molecule has 4 aliphatic carbocycles. The lowest BCUT2D eigenvalue weighted by Crippen LogP contribution is -2.50. The molecule has 2 aliphatic heterocycles. The SMILES string of the molecule is CC1=C2C[C@H]3[C@@H](CC[C@@H]4C[C@@H](NS(C)(=O)=O)CC[C@@]43C)[C@@H]2CC[C@]12O[C@@H]1C[C@H](C)CN=C1[C@H]2C. The summed E-state index contributed by atoms with van der Waals surface area (Å²) in [7, 11) is -3.14. The number of ether oxygens (including phenoxy) is 1. The molecule has 1 saturated heterocycles. The van der Waals surface area contributed by atoms with Crippen molar-refractivity contribution in [2.45, 2.75) is 103 Å². The Bertz CT molecular complexity index is 1030. The minimum absolute atomic E-state index is 0.121. The van der Waals surface area contributed by atoms with E-state index in [0.29, 0.717) is 23.2 Å². The summed E-state index contributed by atoms with van der Waals surface area (Å²) < 4.78 is 33.6. The average molecular weight is 489 g/mol. The molecule has 3 saturated carbocycles. The standard InChI is InChI=1S/C28H44N2O3S/c1-16-12-25-26(29-15-16)18(3)28(33-25)11-9-21-22-7-6-19-13-20(30-34(5,31)32)8-10-27(19,4)24(22)14-23(21)17(28)2/h16,18-22,24-25,30H,6-15H2,1-5H3/t16-,18+,19+,20-,21-,22-,24-,25+,27-,28-/m0/s1. The van der Waals surface area contributed by atoms with Gasteiger partial charge in [-0.2, -0.15) is 0 Å². The van der Waals surface area contributed by atoms with E-state index in [1.165, 1.54) is 37.7 Å². The molecule has 0 aromatic heterocycles. The zero-order valence-electron chi connectivity index (χ0n) is 21.8. The molecular weight excluding hydrogens is 444 g/mol. The molecule has 6 rings (SSSR count). The van der Waals surface area contributed by atoms with Crippen molar-refractivity contribution in [3.8, 4) is 0 Å². The Balaban J connectivity index is 1.27. The minimum Gasteiger partial charge on any atom is -0.361 e. The average Bonchev–Trinajstić information content (AvgIpc) is 3.27. The van der Waals surface area contributed by atoms with E-state index in [2.05, 4.69) is 32.4 Å². The van der Waals surface area contributed by atoms with Gasteiger partial charge < -0.3 is 4.74 Å². The van der Waals surface area contributed by atoms with Gasteiger partial charge in [-0.1, -0.05) is 26.3 Å². The molecule has 190 valence electrons. The minimum atomic E-state index is -3.14. The lowest BCUT2D eigenvalue weighted by Gasteiger charge is -2.54. The predicted molar refractivity (Wildman–Crippen MR) is 136 cm³/mol. The van der Waals surface area contributed by atoms with E-state index in [-0.39, 0.29) is 17.7 Å². The molecule has 4 fully saturated rings. The highest BCUT2D eigenvalue weighted by atomic mass is 32.2. The molecule has 0 unspecified atom stereocenters. The Labute approximate surface area is 206 Å². The third kappa shape index (κ3) is 3.44. The van der Waals surface area contributed by atoms with Crippen molar-refractivity contribution in [2.75, 3.05) is 12.8 Å². The van der Waals surface area contributed by atoms with Gasteiger partial charge in [0.2, 0.25) is 10.0 Å². The highest BCUT2D eigenvalue weighted by molar-refractivity contribution is 7.88. The van der Waals surface area contributed by atoms with E-state index in [9.17, 15) is 8.42 Å². The van der Waals surface area contributed by atoms with Crippen LogP contribution < -0.4 is 4.72 Å². The summed E-state index contributed by atoms with van der Waals surface area (Å²) in [6.45, 7) is 10.6. The number of hydrogen-bond donors (Lipinski definition) is 1. The van der Waals surface area contributed by atoms with Crippen LogP contribution in [0.1, 0.15) is 85.5 Å². The van der Waals surface area contributed by atoms with Gasteiger partial charge in [0.1, 0.15) is 0 Å². The van der Waals surface area contributed by atoms with Gasteiger partial charge in [0, 0.05) is 24.2 Å². The first kappa shape index (κ1) is 23.7. The van der Waals surface area contributed by atoms with E-state index in [1.54, 1.807) is 11.1 Å². The molecule has 0 aromatic carbocycles. The van der Waals surface area contributed by atoms with Crippen LogP contribution in [0.4, 0.5) is 0 Å². The number of aliphatic imine (C=N–C) groups is 1. The van der Waals surface area contributed by atoms with Crippen LogP contribution in [0, 0.1) is 40.9 Å². The van der Waals surface area contributed by atoms with Crippen molar-refractivity contribution in [1.82, 2.24) is 4.72 Å². The van der Waals surface area contributed by atoms with Gasteiger partial charge in [-0.25, -0.2) is 13.1 Å². The maximum absolute atomic E-state index is 11.9. The van der Waals surface area contributed by atoms with E-state index in [4.69, 9.17) is 9.73 Å². The molecule has 6 heteroatoms. The van der Waals surface area contributed by atoms with Crippen LogP contribution >= 0.6 is 0 Å². The zero-order valence-corrected chi connectivity index (χ0v) is 22.6. The van der Waals surface area contributed by atoms with Crippen molar-refractivity contribution in [3.63, 3.8) is 0 Å². The number of hydrogen-bond acceptors (Lipinski definition) is 4. The molecule has 0 bridgehead atoms. The summed E-state index contributed by atoms with van der Waals surface area (Å²) in [6, 6.07) is 0.122. The van der Waals surface area contributed by atoms with E-state index >= 15 is 0 Å². The van der Waals surface area contributed by atoms with Crippen molar-refractivity contribution in [3.05, 3.63) is 11.1 Å². The third-order valence-electron chi connectivity index (χ3n) is 11.5. The maximum atomic E-state index is 11.9. The molecule has 5 nitrogen and oxygen atoms in total. The highest BCUT2D eigenvalue weighted by Crippen LogP contribution is 2.66. The second kappa shape index (κ2) is 7.89. The van der Waals surface area contributed by atoms with Crippen molar-refractivity contribution in [1.29, 1.82) is 0 Å². The fourth-order valence-electron chi connectivity index (χ4n) is 9.74. The molecular formula is C28H44N2O3S. The van der Waals surface area contributed by atoms with Gasteiger partial charge in [-0.15, -0.1) is 0 Å². The summed E-state index contributed by atoms with van der Waals surface area (Å²) in [5.41, 5.74) is 4.85. The largest absolute Gasteiger partial charge is 0.361 e. The Kier molecular flexibility index (Phi) is 5.49. The van der Waals surface area contributed by atoms with Gasteiger partial charge >= 0.3 is 0 Å². The van der Waals surface area contributed by atoms with Gasteiger partial charge in [0.25, 0.3) is 0 Å². The molecule has 2 heterocycles. The number of fused-ring (bicyclic) bond motifs is 6. The lowest BCUT2D eigenvalue weighted by atomic mass is 9.52. The Morgan fingerprint density at radius 1 is 1.09 bits per heavy atom. The first-order valence-electron chi connectivity index (χ1n) is 13.9. The van der Waals surface area contributed by atoms with E-state index in [0.717, 1.165) is 56.4 Å². The second-order valence-electron chi connectivity index (χ2n) is 13.2. The quantitative estimate of drug-likeness (QED) is 0.549. The topological polar surface area (TPSA) is 67.8 Å². The summed E-state index contributed by atoms with van der Waals surface area (Å²) in [6.07, 6.45) is 12.1. The molecule has 10 atom stereocenters. The molecule has 0 amide bonds. The normalized spacial score (nSPS) is 50.4. The fourth-order valence-corrected chi connectivity index (χ4v) is 10.6. The zero-order chi connectivity index (χ0) is 24.0. The van der Waals surface area contributed by atoms with Crippen molar-refractivity contribution < 1.29 is 13.2 Å². The monoisotopic (exact) mass is 488 g/mol. The van der Waals surface area contributed by atoms with Crippen LogP contribution in [-0.4, -0.2) is 44.7 Å². The van der Waals surface area contributed by atoms with Gasteiger partial charge in [-0.3, -0.25) is 4.99 Å². The fraction of sp³-hybridized carbons (Fsp3) is 0.893. The molecule has 6 aliphatic rings. The van der Waals surface area contributed by atoms with E-state index < -0.39 is 10.0 Å². The van der Waals surface area contributed by atoms with Gasteiger partial charge in [-0.05, 0) is 105 Å². The van der Waals surface area contributed by atoms with Crippen LogP contribution in [0.5, 0.6) is 0 Å². The summed E-state index contributed by atoms with van der Waals surface area (Å²) in [5, 5.41) is 0. The Hall–Kier alpha value is -0.720. The van der Waals surface area contributed by atoms with Crippen LogP contribution in [0.3, 0.4) is 0 Å². The smallest absolute Gasteiger partial charge is 0.208 e. The van der Waals surface area contributed by atoms with Crippen LogP contribution in [0.25, 0.3) is 0 Å². The first-order chi connectivity index (χ1) is 16.0. The summed E-state index contributed by atoms with van der Waals surface area (Å²) in [4.78, 5) is 5.01. The maximum Gasteiger partial charge on any atom is 0.208 e. The number of sulfonamides is 1. The summed E-state index contributed by atoms with van der Waals surface area (Å²) >= 11 is 0. The molecule has 0 aromatic rings. The number of nitrogens with zero attached hydrogens (tertiary/aromatic N) is 1. The lowest BCUT2D eigenvalue weighted by molar-refractivity contribution is -0.0554. The third-order valence-corrected chi connectivity index (χ3v) is 12.3. The molecule has 34 heavy (non-hydrogen) atoms. The van der Waals surface area contributed by atoms with Crippen LogP contribution in [0.15, 0.2) is 16.1 Å². The van der Waals surface area contributed by atoms with Gasteiger partial charge in [0.15, 0.2) is 0 Å². The molecule has 1 spiro atoms. The summed E-state index contributed by atoms with van der Waals surface area (Å²) in [5.74, 6) is 3.95. The molecule has 1 N–H and O–H groups in total. The van der Waals surface area contributed by atoms with E-state index in [1.807, 2.05) is 0 Å². The van der Waals surface area contributed by atoms with Crippen molar-refractivity contribution >= 4 is 15.7 Å². The highest BCUT2D eigenvalue weighted by Gasteiger charge is 2.60. The van der Waals surface area contributed by atoms with Gasteiger partial charge in [0.05, 0.1) is 18.0 Å². The van der Waals surface area contributed by atoms with Crippen molar-refractivity contribution in [2.24, 2.45) is 45.9 Å². The number of allylic oxidation sites excluding steroid dienone is 1. The van der Waals surface area contributed by atoms with Crippen LogP contribution in [-0.2, 0) is 14.8 Å². The Morgan fingerprint density at radius 2 is 1.88 bits per heavy atom. The van der Waals surface area contributed by atoms with Crippen LogP contribution in [0.2, 0.25) is 0 Å². The molecule has 0 radical (unpaired) electrons. The Morgan fingerprint density at radius 3 is 2.65 bits per heavy atom. The predicted octanol–water partition coefficient (Wildman–Crippen LogP) is 5.12. The first-order valence-corrected chi connectivity index (χ1v) is 15.8. The number of rotatable bonds is 2. The number of nitrogens with one attached hydrogen (secondary N) is 1.